The predicted molar refractivity (Wildman–Crippen MR) is 102 cm³/mol. The Bertz CT molecular complexity index is 615. The normalized spacial score (nSPS) is 25.7. The molecule has 2 fully saturated rings. The van der Waals surface area contributed by atoms with Gasteiger partial charge in [-0.1, -0.05) is 25.0 Å². The van der Waals surface area contributed by atoms with Gasteiger partial charge in [-0.2, -0.15) is 13.2 Å². The van der Waals surface area contributed by atoms with E-state index in [0.717, 1.165) is 37.9 Å². The van der Waals surface area contributed by atoms with Crippen molar-refractivity contribution in [2.24, 2.45) is 5.92 Å². The molecule has 1 N–H and O–H groups in total. The summed E-state index contributed by atoms with van der Waals surface area (Å²) >= 11 is 0. The van der Waals surface area contributed by atoms with Crippen LogP contribution in [0.2, 0.25) is 0 Å². The monoisotopic (exact) mass is 404 g/mol. The van der Waals surface area contributed by atoms with Gasteiger partial charge < -0.3 is 10.2 Å². The average molecular weight is 405 g/mol. The minimum Gasteiger partial charge on any atom is -0.342 e. The molecule has 7 heteroatoms. The topological polar surface area (TPSA) is 32.3 Å². The van der Waals surface area contributed by atoms with Crippen LogP contribution in [-0.4, -0.2) is 36.5 Å². The lowest BCUT2D eigenvalue weighted by Gasteiger charge is -2.41. The number of carbonyl (C=O) groups is 1. The maximum Gasteiger partial charge on any atom is 0.416 e. The average Bonchev–Trinajstić information content (AvgIpc) is 3.15. The highest BCUT2D eigenvalue weighted by atomic mass is 35.5. The molecule has 3 rings (SSSR count). The molecule has 0 radical (unpaired) electrons. The van der Waals surface area contributed by atoms with Crippen molar-refractivity contribution < 1.29 is 18.0 Å². The van der Waals surface area contributed by atoms with Crippen LogP contribution in [0.1, 0.15) is 49.7 Å². The highest BCUT2D eigenvalue weighted by Gasteiger charge is 2.36. The second-order valence-corrected chi connectivity index (χ2v) is 7.59. The Morgan fingerprint density at radius 2 is 1.78 bits per heavy atom. The molecule has 3 unspecified atom stereocenters. The molecule has 1 aliphatic heterocycles. The fraction of sp³-hybridized carbons (Fsp3) is 0.650. The molecule has 3 nitrogen and oxygen atoms in total. The van der Waals surface area contributed by atoms with E-state index in [9.17, 15) is 18.0 Å². The first kappa shape index (κ1) is 22.0. The van der Waals surface area contributed by atoms with E-state index in [2.05, 4.69) is 5.32 Å². The molecule has 1 aromatic carbocycles. The van der Waals surface area contributed by atoms with Crippen molar-refractivity contribution in [3.63, 3.8) is 0 Å². The van der Waals surface area contributed by atoms with Crippen molar-refractivity contribution in [2.75, 3.05) is 13.6 Å². The standard InChI is InChI=1S/C20H27F3N2O.ClH/c1-25(18-7-3-2-5-16(18)17-6-4-12-24-17)19(26)13-14-8-10-15(11-9-14)20(21,22)23;/h8-11,16-18,24H,2-7,12-13H2,1H3;1H. The number of carbonyl (C=O) groups excluding carboxylic acids is 1. The van der Waals surface area contributed by atoms with Gasteiger partial charge in [0.25, 0.3) is 0 Å². The summed E-state index contributed by atoms with van der Waals surface area (Å²) in [5.41, 5.74) is -0.0529. The van der Waals surface area contributed by atoms with Gasteiger partial charge >= 0.3 is 6.18 Å². The van der Waals surface area contributed by atoms with Crippen LogP contribution in [0.15, 0.2) is 24.3 Å². The number of alkyl halides is 3. The quantitative estimate of drug-likeness (QED) is 0.804. The number of hydrogen-bond donors (Lipinski definition) is 1. The van der Waals surface area contributed by atoms with Gasteiger partial charge in [-0.25, -0.2) is 0 Å². The number of likely N-dealkylation sites (N-methyl/N-ethyl adjacent to an activating group) is 1. The largest absolute Gasteiger partial charge is 0.416 e. The van der Waals surface area contributed by atoms with Gasteiger partial charge in [0.1, 0.15) is 0 Å². The van der Waals surface area contributed by atoms with Gasteiger partial charge in [-0.3, -0.25) is 4.79 Å². The predicted octanol–water partition coefficient (Wildman–Crippen LogP) is 4.44. The number of nitrogens with zero attached hydrogens (tertiary/aromatic N) is 1. The van der Waals surface area contributed by atoms with Gasteiger partial charge in [0, 0.05) is 19.1 Å². The lowest BCUT2D eigenvalue weighted by atomic mass is 9.78. The van der Waals surface area contributed by atoms with E-state index in [4.69, 9.17) is 0 Å². The van der Waals surface area contributed by atoms with E-state index in [-0.39, 0.29) is 30.8 Å². The van der Waals surface area contributed by atoms with Crippen LogP contribution < -0.4 is 5.32 Å². The van der Waals surface area contributed by atoms with Gasteiger partial charge in [0.2, 0.25) is 5.91 Å². The van der Waals surface area contributed by atoms with E-state index in [1.54, 1.807) is 0 Å². The SMILES string of the molecule is CN(C(=O)Cc1ccc(C(F)(F)F)cc1)C1CCCCC1C1CCCN1.Cl. The van der Waals surface area contributed by atoms with E-state index >= 15 is 0 Å². The van der Waals surface area contributed by atoms with E-state index < -0.39 is 11.7 Å². The fourth-order valence-corrected chi connectivity index (χ4v) is 4.46. The summed E-state index contributed by atoms with van der Waals surface area (Å²) in [7, 11) is 1.85. The Morgan fingerprint density at radius 3 is 2.37 bits per heavy atom. The molecule has 0 bridgehead atoms. The Hall–Kier alpha value is -1.27. The van der Waals surface area contributed by atoms with Crippen molar-refractivity contribution in [1.82, 2.24) is 10.2 Å². The molecule has 1 aliphatic carbocycles. The summed E-state index contributed by atoms with van der Waals surface area (Å²) in [4.78, 5) is 14.6. The molecular weight excluding hydrogens is 377 g/mol. The zero-order valence-electron chi connectivity index (χ0n) is 15.6. The smallest absolute Gasteiger partial charge is 0.342 e. The first-order valence-electron chi connectivity index (χ1n) is 9.51. The molecule has 1 saturated heterocycles. The molecule has 3 atom stereocenters. The molecule has 1 saturated carbocycles. The molecule has 0 aromatic heterocycles. The first-order valence-corrected chi connectivity index (χ1v) is 9.51. The van der Waals surface area contributed by atoms with Crippen molar-refractivity contribution in [1.29, 1.82) is 0 Å². The number of halogens is 4. The third-order valence-electron chi connectivity index (χ3n) is 5.92. The minimum atomic E-state index is -4.34. The Kier molecular flexibility index (Phi) is 7.57. The molecular formula is C20H28ClF3N2O. The number of benzene rings is 1. The second kappa shape index (κ2) is 9.28. The Balaban J connectivity index is 0.00000261. The zero-order chi connectivity index (χ0) is 18.7. The molecule has 0 spiro atoms. The maximum absolute atomic E-state index is 12.7. The van der Waals surface area contributed by atoms with Crippen LogP contribution in [0.3, 0.4) is 0 Å². The third-order valence-corrected chi connectivity index (χ3v) is 5.92. The van der Waals surface area contributed by atoms with E-state index in [0.29, 0.717) is 17.5 Å². The van der Waals surface area contributed by atoms with Crippen LogP contribution in [-0.2, 0) is 17.4 Å². The maximum atomic E-state index is 12.7. The van der Waals surface area contributed by atoms with Crippen LogP contribution in [0.5, 0.6) is 0 Å². The lowest BCUT2D eigenvalue weighted by Crippen LogP contribution is -2.50. The summed E-state index contributed by atoms with van der Waals surface area (Å²) in [5, 5.41) is 3.58. The minimum absolute atomic E-state index is 0. The molecule has 1 aromatic rings. The molecule has 1 heterocycles. The zero-order valence-corrected chi connectivity index (χ0v) is 16.4. The van der Waals surface area contributed by atoms with E-state index in [1.807, 2.05) is 11.9 Å². The molecule has 27 heavy (non-hydrogen) atoms. The fourth-order valence-electron chi connectivity index (χ4n) is 4.46. The highest BCUT2D eigenvalue weighted by Crippen LogP contribution is 2.34. The summed E-state index contributed by atoms with van der Waals surface area (Å²) in [6, 6.07) is 5.63. The summed E-state index contributed by atoms with van der Waals surface area (Å²) in [5.74, 6) is 0.465. The van der Waals surface area contributed by atoms with Crippen molar-refractivity contribution in [2.45, 2.75) is 63.2 Å². The van der Waals surface area contributed by atoms with Gasteiger partial charge in [-0.05, 0) is 55.8 Å². The van der Waals surface area contributed by atoms with Gasteiger partial charge in [0.05, 0.1) is 12.0 Å². The number of nitrogens with one attached hydrogen (secondary N) is 1. The summed E-state index contributed by atoms with van der Waals surface area (Å²) in [6.07, 6.45) is 2.66. The van der Waals surface area contributed by atoms with Crippen LogP contribution in [0.25, 0.3) is 0 Å². The van der Waals surface area contributed by atoms with Crippen LogP contribution in [0, 0.1) is 5.92 Å². The molecule has 2 aliphatic rings. The number of amides is 1. The second-order valence-electron chi connectivity index (χ2n) is 7.59. The summed E-state index contributed by atoms with van der Waals surface area (Å²) < 4.78 is 38.0. The van der Waals surface area contributed by atoms with Gasteiger partial charge in [-0.15, -0.1) is 12.4 Å². The summed E-state index contributed by atoms with van der Waals surface area (Å²) in [6.45, 7) is 1.05. The van der Waals surface area contributed by atoms with E-state index in [1.165, 1.54) is 31.4 Å². The first-order chi connectivity index (χ1) is 12.4. The van der Waals surface area contributed by atoms with Crippen molar-refractivity contribution in [3.8, 4) is 0 Å². The van der Waals surface area contributed by atoms with Gasteiger partial charge in [0.15, 0.2) is 0 Å². The Labute approximate surface area is 165 Å². The highest BCUT2D eigenvalue weighted by molar-refractivity contribution is 5.85. The van der Waals surface area contributed by atoms with Crippen LogP contribution >= 0.6 is 12.4 Å². The van der Waals surface area contributed by atoms with Crippen LogP contribution in [0.4, 0.5) is 13.2 Å². The number of rotatable bonds is 4. The Morgan fingerprint density at radius 1 is 1.11 bits per heavy atom. The third kappa shape index (κ3) is 5.38. The lowest BCUT2D eigenvalue weighted by molar-refractivity contribution is -0.137. The van der Waals surface area contributed by atoms with Crippen molar-refractivity contribution >= 4 is 18.3 Å². The van der Waals surface area contributed by atoms with Crippen molar-refractivity contribution in [3.05, 3.63) is 35.4 Å². The molecule has 152 valence electrons. The molecule has 1 amide bonds. The number of hydrogen-bond acceptors (Lipinski definition) is 2.